The summed E-state index contributed by atoms with van der Waals surface area (Å²) in [4.78, 5) is 40.7. The molecule has 31 heavy (non-hydrogen) atoms. The van der Waals surface area contributed by atoms with Crippen molar-refractivity contribution in [3.63, 3.8) is 0 Å². The molecule has 0 saturated heterocycles. The van der Waals surface area contributed by atoms with Crippen molar-refractivity contribution < 1.29 is 24.2 Å². The molecule has 3 rings (SSSR count). The molecule has 0 saturated carbocycles. The van der Waals surface area contributed by atoms with Gasteiger partial charge in [0.05, 0.1) is 12.7 Å². The molecule has 3 aromatic rings. The summed E-state index contributed by atoms with van der Waals surface area (Å²) < 4.78 is 4.81. The number of phenols is 1. The summed E-state index contributed by atoms with van der Waals surface area (Å²) in [7, 11) is 1.26. The van der Waals surface area contributed by atoms with Crippen LogP contribution in [0.4, 0.5) is 5.69 Å². The van der Waals surface area contributed by atoms with E-state index >= 15 is 0 Å². The second kappa shape index (κ2) is 10.0. The lowest BCUT2D eigenvalue weighted by atomic mass is 10.0. The van der Waals surface area contributed by atoms with E-state index < -0.39 is 17.9 Å². The summed E-state index contributed by atoms with van der Waals surface area (Å²) in [6.45, 7) is 0. The summed E-state index contributed by atoms with van der Waals surface area (Å²) in [5.41, 5.74) is 2.08. The Morgan fingerprint density at radius 3 is 2.29 bits per heavy atom. The van der Waals surface area contributed by atoms with Crippen LogP contribution in [0.15, 0.2) is 73.1 Å². The first kappa shape index (κ1) is 21.5. The van der Waals surface area contributed by atoms with E-state index in [0.29, 0.717) is 16.8 Å². The van der Waals surface area contributed by atoms with Crippen LogP contribution in [0.3, 0.4) is 0 Å². The molecule has 158 valence electrons. The number of rotatable bonds is 7. The van der Waals surface area contributed by atoms with Crippen LogP contribution in [0.25, 0.3) is 0 Å². The van der Waals surface area contributed by atoms with Gasteiger partial charge in [0.1, 0.15) is 11.8 Å². The number of aromatic nitrogens is 1. The topological polar surface area (TPSA) is 118 Å². The second-order valence-corrected chi connectivity index (χ2v) is 6.69. The number of carbonyl (C=O) groups is 3. The highest BCUT2D eigenvalue weighted by Crippen LogP contribution is 2.15. The minimum absolute atomic E-state index is 0.0803. The fraction of sp³-hybridized carbons (Fsp3) is 0.130. The highest BCUT2D eigenvalue weighted by molar-refractivity contribution is 6.04. The van der Waals surface area contributed by atoms with E-state index in [4.69, 9.17) is 4.74 Å². The van der Waals surface area contributed by atoms with Crippen molar-refractivity contribution in [2.45, 2.75) is 12.5 Å². The third-order valence-corrected chi connectivity index (χ3v) is 4.50. The van der Waals surface area contributed by atoms with Crippen molar-refractivity contribution in [2.75, 3.05) is 12.4 Å². The standard InChI is InChI=1S/C23H21N3O5/c1-31-23(30)20(26-22(29)17-3-2-12-24-14-17)13-15-4-8-18(9-5-15)25-21(28)16-6-10-19(27)11-7-16/h2-12,14,20,27H,13H2,1H3,(H,25,28)(H,26,29)/t20-/m0/s1. The first-order valence-electron chi connectivity index (χ1n) is 9.44. The van der Waals surface area contributed by atoms with E-state index in [1.54, 1.807) is 42.6 Å². The Bertz CT molecular complexity index is 1050. The van der Waals surface area contributed by atoms with Gasteiger partial charge in [-0.1, -0.05) is 12.1 Å². The first-order chi connectivity index (χ1) is 15.0. The Kier molecular flexibility index (Phi) is 6.95. The third kappa shape index (κ3) is 5.89. The SMILES string of the molecule is COC(=O)[C@H](Cc1ccc(NC(=O)c2ccc(O)cc2)cc1)NC(=O)c1cccnc1. The van der Waals surface area contributed by atoms with Crippen molar-refractivity contribution >= 4 is 23.5 Å². The predicted molar refractivity (Wildman–Crippen MR) is 114 cm³/mol. The van der Waals surface area contributed by atoms with E-state index in [-0.39, 0.29) is 18.1 Å². The molecule has 1 atom stereocenters. The number of benzene rings is 2. The summed E-state index contributed by atoms with van der Waals surface area (Å²) >= 11 is 0. The van der Waals surface area contributed by atoms with Gasteiger partial charge in [0, 0.05) is 30.1 Å². The third-order valence-electron chi connectivity index (χ3n) is 4.50. The molecule has 2 amide bonds. The number of phenolic OH excluding ortho intramolecular Hbond substituents is 1. The molecule has 0 spiro atoms. The highest BCUT2D eigenvalue weighted by atomic mass is 16.5. The molecule has 0 fully saturated rings. The maximum atomic E-state index is 12.4. The van der Waals surface area contributed by atoms with E-state index in [1.807, 2.05) is 0 Å². The maximum Gasteiger partial charge on any atom is 0.328 e. The number of ether oxygens (including phenoxy) is 1. The summed E-state index contributed by atoms with van der Waals surface area (Å²) in [6.07, 6.45) is 3.18. The molecule has 0 unspecified atom stereocenters. The molecular weight excluding hydrogens is 398 g/mol. The predicted octanol–water partition coefficient (Wildman–Crippen LogP) is 2.55. The highest BCUT2D eigenvalue weighted by Gasteiger charge is 2.22. The smallest absolute Gasteiger partial charge is 0.328 e. The van der Waals surface area contributed by atoms with Crippen LogP contribution in [0.2, 0.25) is 0 Å². The minimum Gasteiger partial charge on any atom is -0.508 e. The van der Waals surface area contributed by atoms with Crippen molar-refractivity contribution in [3.05, 3.63) is 89.7 Å². The normalized spacial score (nSPS) is 11.3. The number of anilines is 1. The Morgan fingerprint density at radius 1 is 0.968 bits per heavy atom. The zero-order valence-corrected chi connectivity index (χ0v) is 16.7. The number of esters is 1. The van der Waals surface area contributed by atoms with Crippen molar-refractivity contribution in [2.24, 2.45) is 0 Å². The summed E-state index contributed by atoms with van der Waals surface area (Å²) in [5.74, 6) is -1.23. The Hall–Kier alpha value is -4.20. The zero-order chi connectivity index (χ0) is 22.2. The monoisotopic (exact) mass is 419 g/mol. The van der Waals surface area contributed by atoms with Crippen LogP contribution >= 0.6 is 0 Å². The van der Waals surface area contributed by atoms with Gasteiger partial charge < -0.3 is 20.5 Å². The number of nitrogens with one attached hydrogen (secondary N) is 2. The molecule has 1 aromatic heterocycles. The van der Waals surface area contributed by atoms with Crippen molar-refractivity contribution in [3.8, 4) is 5.75 Å². The number of methoxy groups -OCH3 is 1. The lowest BCUT2D eigenvalue weighted by molar-refractivity contribution is -0.142. The van der Waals surface area contributed by atoms with Crippen LogP contribution < -0.4 is 10.6 Å². The van der Waals surface area contributed by atoms with E-state index in [0.717, 1.165) is 5.56 Å². The summed E-state index contributed by atoms with van der Waals surface area (Å²) in [5, 5.41) is 14.7. The van der Waals surface area contributed by atoms with Gasteiger partial charge in [-0.05, 0) is 54.1 Å². The molecule has 0 aliphatic carbocycles. The van der Waals surface area contributed by atoms with Crippen LogP contribution in [0.1, 0.15) is 26.3 Å². The Morgan fingerprint density at radius 2 is 1.68 bits per heavy atom. The average Bonchev–Trinajstić information content (AvgIpc) is 2.80. The number of nitrogens with zero attached hydrogens (tertiary/aromatic N) is 1. The van der Waals surface area contributed by atoms with Crippen LogP contribution in [0, 0.1) is 0 Å². The van der Waals surface area contributed by atoms with E-state index in [1.165, 1.54) is 37.6 Å². The zero-order valence-electron chi connectivity index (χ0n) is 16.7. The van der Waals surface area contributed by atoms with Gasteiger partial charge in [0.2, 0.25) is 0 Å². The second-order valence-electron chi connectivity index (χ2n) is 6.69. The Labute approximate surface area is 178 Å². The van der Waals surface area contributed by atoms with Gasteiger partial charge in [-0.15, -0.1) is 0 Å². The van der Waals surface area contributed by atoms with Crippen LogP contribution in [-0.2, 0) is 16.0 Å². The van der Waals surface area contributed by atoms with Gasteiger partial charge in [0.25, 0.3) is 11.8 Å². The molecule has 0 aliphatic rings. The molecular formula is C23H21N3O5. The number of amides is 2. The summed E-state index contributed by atoms with van der Waals surface area (Å²) in [6, 6.07) is 15.2. The van der Waals surface area contributed by atoms with Gasteiger partial charge >= 0.3 is 5.97 Å². The first-order valence-corrected chi connectivity index (χ1v) is 9.44. The fourth-order valence-corrected chi connectivity index (χ4v) is 2.85. The molecule has 0 aliphatic heterocycles. The largest absolute Gasteiger partial charge is 0.508 e. The minimum atomic E-state index is -0.879. The number of hydrogen-bond acceptors (Lipinski definition) is 6. The van der Waals surface area contributed by atoms with Crippen molar-refractivity contribution in [1.82, 2.24) is 10.3 Å². The molecule has 1 heterocycles. The number of hydrogen-bond donors (Lipinski definition) is 3. The number of aromatic hydroxyl groups is 1. The maximum absolute atomic E-state index is 12.4. The molecule has 0 bridgehead atoms. The van der Waals surface area contributed by atoms with Crippen LogP contribution in [-0.4, -0.2) is 41.0 Å². The molecule has 0 radical (unpaired) electrons. The Balaban J connectivity index is 1.65. The van der Waals surface area contributed by atoms with E-state index in [2.05, 4.69) is 15.6 Å². The average molecular weight is 419 g/mol. The molecule has 2 aromatic carbocycles. The molecule has 8 nitrogen and oxygen atoms in total. The van der Waals surface area contributed by atoms with Crippen molar-refractivity contribution in [1.29, 1.82) is 0 Å². The molecule has 8 heteroatoms. The lowest BCUT2D eigenvalue weighted by Crippen LogP contribution is -2.43. The fourth-order valence-electron chi connectivity index (χ4n) is 2.85. The van der Waals surface area contributed by atoms with Gasteiger partial charge in [-0.2, -0.15) is 0 Å². The van der Waals surface area contributed by atoms with E-state index in [9.17, 15) is 19.5 Å². The molecule has 3 N–H and O–H groups in total. The van der Waals surface area contributed by atoms with Gasteiger partial charge in [0.15, 0.2) is 0 Å². The lowest BCUT2D eigenvalue weighted by Gasteiger charge is -2.17. The van der Waals surface area contributed by atoms with Crippen LogP contribution in [0.5, 0.6) is 5.75 Å². The number of pyridine rings is 1. The van der Waals surface area contributed by atoms with Gasteiger partial charge in [-0.25, -0.2) is 4.79 Å². The number of carbonyl (C=O) groups excluding carboxylic acids is 3. The quantitative estimate of drug-likeness (QED) is 0.507. The van der Waals surface area contributed by atoms with Gasteiger partial charge in [-0.3, -0.25) is 14.6 Å².